The van der Waals surface area contributed by atoms with Gasteiger partial charge < -0.3 is 15.2 Å². The molecular weight excluding hydrogens is 525 g/mol. The molecule has 0 aliphatic heterocycles. The fourth-order valence-corrected chi connectivity index (χ4v) is 3.91. The molecule has 3 rings (SSSR count). The number of halogens is 1. The normalized spacial score (nSPS) is 11.9. The summed E-state index contributed by atoms with van der Waals surface area (Å²) in [5.41, 5.74) is 3.15. The van der Waals surface area contributed by atoms with Crippen LogP contribution in [0.1, 0.15) is 24.7 Å². The number of nitrogens with one attached hydrogen (secondary N) is 2. The number of aliphatic imine (C=N–C) groups is 1. The van der Waals surface area contributed by atoms with Gasteiger partial charge in [0.05, 0.1) is 22.5 Å². The third-order valence-electron chi connectivity index (χ3n) is 4.81. The van der Waals surface area contributed by atoms with Crippen LogP contribution in [0, 0.1) is 6.92 Å². The summed E-state index contributed by atoms with van der Waals surface area (Å²) in [5.74, 6) is 1.77. The second-order valence-corrected chi connectivity index (χ2v) is 9.21. The molecule has 0 amide bonds. The predicted octanol–water partition coefficient (Wildman–Crippen LogP) is 3.51. The molecule has 2 aromatic carbocycles. The van der Waals surface area contributed by atoms with Gasteiger partial charge in [-0.15, -0.1) is 24.0 Å². The summed E-state index contributed by atoms with van der Waals surface area (Å²) in [7, 11) is -3.18. The smallest absolute Gasteiger partial charge is 0.191 e. The van der Waals surface area contributed by atoms with Crippen LogP contribution in [0.5, 0.6) is 0 Å². The Balaban J connectivity index is 0.00000341. The Morgan fingerprint density at radius 3 is 2.48 bits per heavy atom. The van der Waals surface area contributed by atoms with E-state index >= 15 is 0 Å². The number of hydrogen-bond acceptors (Lipinski definition) is 4. The molecule has 1 heterocycles. The topological polar surface area (TPSA) is 88.4 Å². The number of imidazole rings is 1. The van der Waals surface area contributed by atoms with Crippen LogP contribution in [-0.2, 0) is 22.9 Å². The maximum absolute atomic E-state index is 11.6. The molecule has 3 aromatic rings. The predicted molar refractivity (Wildman–Crippen MR) is 137 cm³/mol. The molecule has 168 valence electrons. The number of nitrogens with zero attached hydrogens (tertiary/aromatic N) is 3. The Morgan fingerprint density at radius 1 is 1.10 bits per heavy atom. The van der Waals surface area contributed by atoms with Crippen molar-refractivity contribution in [3.63, 3.8) is 0 Å². The molecular formula is C22H30IN5O2S. The van der Waals surface area contributed by atoms with E-state index in [9.17, 15) is 8.42 Å². The maximum atomic E-state index is 11.6. The lowest BCUT2D eigenvalue weighted by atomic mass is 10.2. The number of aromatic nitrogens is 2. The van der Waals surface area contributed by atoms with Gasteiger partial charge in [0, 0.05) is 25.9 Å². The Bertz CT molecular complexity index is 1120. The number of sulfone groups is 1. The first-order valence-corrected chi connectivity index (χ1v) is 12.0. The highest BCUT2D eigenvalue weighted by molar-refractivity contribution is 14.0. The van der Waals surface area contributed by atoms with Gasteiger partial charge in [-0.25, -0.2) is 18.4 Å². The second-order valence-electron chi connectivity index (χ2n) is 7.19. The summed E-state index contributed by atoms with van der Waals surface area (Å²) < 4.78 is 25.4. The lowest BCUT2D eigenvalue weighted by Gasteiger charge is -2.12. The van der Waals surface area contributed by atoms with Gasteiger partial charge >= 0.3 is 0 Å². The van der Waals surface area contributed by atoms with Crippen LogP contribution in [0.25, 0.3) is 11.0 Å². The molecule has 0 saturated heterocycles. The molecule has 31 heavy (non-hydrogen) atoms. The lowest BCUT2D eigenvalue weighted by molar-refractivity contribution is 0.602. The zero-order chi connectivity index (χ0) is 21.6. The molecule has 0 bridgehead atoms. The zero-order valence-corrected chi connectivity index (χ0v) is 21.3. The average Bonchev–Trinajstić information content (AvgIpc) is 3.04. The fraction of sp³-hybridized carbons (Fsp3) is 0.364. The van der Waals surface area contributed by atoms with E-state index in [-0.39, 0.29) is 24.0 Å². The minimum atomic E-state index is -3.18. The van der Waals surface area contributed by atoms with Gasteiger partial charge in [-0.1, -0.05) is 24.3 Å². The summed E-state index contributed by atoms with van der Waals surface area (Å²) in [4.78, 5) is 9.53. The number of benzene rings is 2. The summed E-state index contributed by atoms with van der Waals surface area (Å²) in [5, 5.41) is 6.61. The molecule has 2 N–H and O–H groups in total. The van der Waals surface area contributed by atoms with E-state index in [0.717, 1.165) is 54.4 Å². The van der Waals surface area contributed by atoms with Crippen molar-refractivity contribution in [1.29, 1.82) is 0 Å². The van der Waals surface area contributed by atoms with Crippen molar-refractivity contribution >= 4 is 50.8 Å². The highest BCUT2D eigenvalue weighted by Crippen LogP contribution is 2.15. The zero-order valence-electron chi connectivity index (χ0n) is 18.1. The van der Waals surface area contributed by atoms with E-state index in [4.69, 9.17) is 0 Å². The van der Waals surface area contributed by atoms with Crippen molar-refractivity contribution in [3.05, 3.63) is 59.9 Å². The lowest BCUT2D eigenvalue weighted by Crippen LogP contribution is -2.38. The number of hydrogen-bond donors (Lipinski definition) is 2. The highest BCUT2D eigenvalue weighted by atomic mass is 127. The second kappa shape index (κ2) is 11.5. The summed E-state index contributed by atoms with van der Waals surface area (Å²) in [6, 6.07) is 15.0. The Kier molecular flexibility index (Phi) is 9.30. The van der Waals surface area contributed by atoms with Gasteiger partial charge in [-0.05, 0) is 50.1 Å². The van der Waals surface area contributed by atoms with E-state index < -0.39 is 9.84 Å². The minimum absolute atomic E-state index is 0. The van der Waals surface area contributed by atoms with Crippen molar-refractivity contribution in [2.45, 2.75) is 38.3 Å². The molecule has 9 heteroatoms. The molecule has 0 saturated carbocycles. The van der Waals surface area contributed by atoms with Gasteiger partial charge in [0.15, 0.2) is 15.8 Å². The number of rotatable bonds is 8. The molecule has 0 fully saturated rings. The summed E-state index contributed by atoms with van der Waals surface area (Å²) >= 11 is 0. The van der Waals surface area contributed by atoms with Crippen LogP contribution in [0.4, 0.5) is 0 Å². The first kappa shape index (κ1) is 25.1. The van der Waals surface area contributed by atoms with Crippen molar-refractivity contribution in [2.75, 3.05) is 19.3 Å². The molecule has 0 spiro atoms. The molecule has 0 atom stereocenters. The van der Waals surface area contributed by atoms with Crippen LogP contribution in [0.3, 0.4) is 0 Å². The number of para-hydroxylation sites is 2. The summed E-state index contributed by atoms with van der Waals surface area (Å²) in [6.45, 7) is 6.97. The Morgan fingerprint density at radius 2 is 1.81 bits per heavy atom. The fourth-order valence-electron chi connectivity index (χ4n) is 3.28. The molecule has 0 aliphatic rings. The van der Waals surface area contributed by atoms with Gasteiger partial charge in [0.1, 0.15) is 5.82 Å². The van der Waals surface area contributed by atoms with Crippen molar-refractivity contribution in [2.24, 2.45) is 4.99 Å². The van der Waals surface area contributed by atoms with E-state index in [2.05, 4.69) is 31.2 Å². The van der Waals surface area contributed by atoms with Crippen molar-refractivity contribution in [3.8, 4) is 0 Å². The molecule has 0 unspecified atom stereocenters. The molecule has 7 nitrogen and oxygen atoms in total. The maximum Gasteiger partial charge on any atom is 0.191 e. The van der Waals surface area contributed by atoms with Crippen LogP contribution in [0.2, 0.25) is 0 Å². The van der Waals surface area contributed by atoms with Crippen LogP contribution >= 0.6 is 24.0 Å². The van der Waals surface area contributed by atoms with E-state index in [1.54, 1.807) is 24.3 Å². The quantitative estimate of drug-likeness (QED) is 0.192. The van der Waals surface area contributed by atoms with Gasteiger partial charge in [-0.2, -0.15) is 0 Å². The van der Waals surface area contributed by atoms with Gasteiger partial charge in [0.2, 0.25) is 0 Å². The Hall–Kier alpha value is -2.14. The first-order valence-electron chi connectivity index (χ1n) is 10.1. The van der Waals surface area contributed by atoms with Crippen LogP contribution in [0.15, 0.2) is 58.4 Å². The van der Waals surface area contributed by atoms with E-state index in [1.165, 1.54) is 6.26 Å². The first-order chi connectivity index (χ1) is 14.4. The number of aryl methyl sites for hydroxylation is 2. The number of guanidine groups is 1. The average molecular weight is 555 g/mol. The van der Waals surface area contributed by atoms with Gasteiger partial charge in [0.25, 0.3) is 0 Å². The van der Waals surface area contributed by atoms with Crippen molar-refractivity contribution < 1.29 is 8.42 Å². The van der Waals surface area contributed by atoms with E-state index in [1.807, 2.05) is 32.0 Å². The monoisotopic (exact) mass is 555 g/mol. The van der Waals surface area contributed by atoms with Gasteiger partial charge in [-0.3, -0.25) is 0 Å². The standard InChI is InChI=1S/C22H29N5O2S.HI/c1-4-23-22(25-16-18-10-12-19(13-11-18)30(3,28)29)24-14-7-15-27-17(2)26-20-8-5-6-9-21(20)27;/h5-6,8-13H,4,7,14-16H2,1-3H3,(H2,23,24,25);1H. The number of fused-ring (bicyclic) bond motifs is 1. The largest absolute Gasteiger partial charge is 0.357 e. The molecule has 1 aromatic heterocycles. The molecule has 0 radical (unpaired) electrons. The SMILES string of the molecule is CCNC(=NCc1ccc(S(C)(=O)=O)cc1)NCCCn1c(C)nc2ccccc21.I. The highest BCUT2D eigenvalue weighted by Gasteiger charge is 2.07. The van der Waals surface area contributed by atoms with E-state index in [0.29, 0.717) is 11.4 Å². The third-order valence-corrected chi connectivity index (χ3v) is 5.94. The third kappa shape index (κ3) is 6.93. The van der Waals surface area contributed by atoms with Crippen molar-refractivity contribution in [1.82, 2.24) is 20.2 Å². The Labute approximate surface area is 201 Å². The van der Waals surface area contributed by atoms with Crippen LogP contribution in [-0.4, -0.2) is 43.3 Å². The summed E-state index contributed by atoms with van der Waals surface area (Å²) in [6.07, 6.45) is 2.15. The van der Waals surface area contributed by atoms with Crippen LogP contribution < -0.4 is 10.6 Å². The molecule has 0 aliphatic carbocycles. The minimum Gasteiger partial charge on any atom is -0.357 e.